The second-order valence-corrected chi connectivity index (χ2v) is 5.64. The van der Waals surface area contributed by atoms with E-state index in [4.69, 9.17) is 15.1 Å². The van der Waals surface area contributed by atoms with E-state index >= 15 is 0 Å². The van der Waals surface area contributed by atoms with E-state index in [0.717, 1.165) is 0 Å². The van der Waals surface area contributed by atoms with E-state index in [2.05, 4.69) is 5.32 Å². The van der Waals surface area contributed by atoms with E-state index in [1.165, 1.54) is 24.3 Å². The van der Waals surface area contributed by atoms with Crippen LogP contribution in [0.4, 0.5) is 4.79 Å². The van der Waals surface area contributed by atoms with Crippen LogP contribution >= 0.6 is 0 Å². The van der Waals surface area contributed by atoms with Gasteiger partial charge in [-0.25, -0.2) is 9.59 Å². The van der Waals surface area contributed by atoms with Gasteiger partial charge in [0.15, 0.2) is 6.10 Å². The number of carbonyl (C=O) groups is 2. The number of benzene rings is 1. The molecule has 0 aromatic heterocycles. The molecule has 0 saturated heterocycles. The van der Waals surface area contributed by atoms with Crippen LogP contribution in [0.2, 0.25) is 0 Å². The molecule has 0 fully saturated rings. The number of ether oxygens (including phenoxy) is 1. The van der Waals surface area contributed by atoms with Crippen LogP contribution in [0.1, 0.15) is 37.9 Å². The van der Waals surface area contributed by atoms with Crippen LogP contribution in [0, 0.1) is 11.3 Å². The summed E-state index contributed by atoms with van der Waals surface area (Å²) in [5.41, 5.74) is -0.192. The van der Waals surface area contributed by atoms with E-state index in [9.17, 15) is 14.7 Å². The molecule has 1 amide bonds. The Morgan fingerprint density at radius 1 is 1.36 bits per heavy atom. The highest BCUT2D eigenvalue weighted by atomic mass is 16.6. The standard InChI is InChI=1S/C15H18N2O5/c1-15(2,3)22-14(21)17-11(12(18)13(19)20)10-6-4-5-9(7-10)8-16/h4-7,11-12,18H,1-3H3,(H,17,21)(H,19,20)/t11-,12-/m0/s1. The van der Waals surface area contributed by atoms with Crippen LogP contribution < -0.4 is 5.32 Å². The number of hydrogen-bond acceptors (Lipinski definition) is 5. The predicted octanol–water partition coefficient (Wildman–Crippen LogP) is 1.57. The molecule has 0 saturated carbocycles. The minimum absolute atomic E-state index is 0.283. The Morgan fingerprint density at radius 3 is 2.50 bits per heavy atom. The predicted molar refractivity (Wildman–Crippen MR) is 76.9 cm³/mol. The molecule has 2 atom stereocenters. The van der Waals surface area contributed by atoms with Crippen molar-refractivity contribution in [2.45, 2.75) is 38.5 Å². The average Bonchev–Trinajstić information content (AvgIpc) is 2.42. The fourth-order valence-corrected chi connectivity index (χ4v) is 1.72. The lowest BCUT2D eigenvalue weighted by molar-refractivity contribution is -0.148. The third-order valence-corrected chi connectivity index (χ3v) is 2.62. The maximum atomic E-state index is 11.8. The molecular formula is C15H18N2O5. The molecular weight excluding hydrogens is 288 g/mol. The number of nitrogens with zero attached hydrogens (tertiary/aromatic N) is 1. The number of hydrogen-bond donors (Lipinski definition) is 3. The Morgan fingerprint density at radius 2 is 2.00 bits per heavy atom. The van der Waals surface area contributed by atoms with E-state index in [1.54, 1.807) is 20.8 Å². The largest absolute Gasteiger partial charge is 0.479 e. The third kappa shape index (κ3) is 5.07. The molecule has 0 unspecified atom stereocenters. The molecule has 0 bridgehead atoms. The van der Waals surface area contributed by atoms with E-state index in [-0.39, 0.29) is 5.56 Å². The summed E-state index contributed by atoms with van der Waals surface area (Å²) >= 11 is 0. The Kier molecular flexibility index (Phi) is 5.49. The lowest BCUT2D eigenvalue weighted by Crippen LogP contribution is -2.42. The molecule has 7 nitrogen and oxygen atoms in total. The second-order valence-electron chi connectivity index (χ2n) is 5.64. The zero-order chi connectivity index (χ0) is 16.9. The molecule has 0 radical (unpaired) electrons. The van der Waals surface area contributed by atoms with Crippen molar-refractivity contribution >= 4 is 12.1 Å². The molecule has 1 aromatic rings. The number of nitrogens with one attached hydrogen (secondary N) is 1. The first-order valence-corrected chi connectivity index (χ1v) is 6.54. The lowest BCUT2D eigenvalue weighted by Gasteiger charge is -2.25. The summed E-state index contributed by atoms with van der Waals surface area (Å²) in [4.78, 5) is 22.8. The molecule has 0 aliphatic rings. The molecule has 22 heavy (non-hydrogen) atoms. The third-order valence-electron chi connectivity index (χ3n) is 2.62. The van der Waals surface area contributed by atoms with Gasteiger partial charge in [-0.2, -0.15) is 5.26 Å². The second kappa shape index (κ2) is 6.91. The number of amides is 1. The van der Waals surface area contributed by atoms with E-state index in [1.807, 2.05) is 6.07 Å². The SMILES string of the molecule is CC(C)(C)OC(=O)N[C@@H](c1cccc(C#N)c1)[C@H](O)C(=O)O. The highest BCUT2D eigenvalue weighted by Gasteiger charge is 2.30. The summed E-state index contributed by atoms with van der Waals surface area (Å²) in [7, 11) is 0. The molecule has 0 aliphatic heterocycles. The van der Waals surface area contributed by atoms with Crippen LogP contribution in [0.5, 0.6) is 0 Å². The van der Waals surface area contributed by atoms with Gasteiger partial charge < -0.3 is 20.3 Å². The van der Waals surface area contributed by atoms with E-state index in [0.29, 0.717) is 5.56 Å². The van der Waals surface area contributed by atoms with Gasteiger partial charge in [0.2, 0.25) is 0 Å². The lowest BCUT2D eigenvalue weighted by atomic mass is 9.99. The highest BCUT2D eigenvalue weighted by Crippen LogP contribution is 2.20. The zero-order valence-electron chi connectivity index (χ0n) is 12.5. The zero-order valence-corrected chi connectivity index (χ0v) is 12.5. The normalized spacial score (nSPS) is 13.6. The van der Waals surface area contributed by atoms with Gasteiger partial charge in [-0.3, -0.25) is 0 Å². The Bertz CT molecular complexity index is 601. The van der Waals surface area contributed by atoms with Crippen LogP contribution in [-0.4, -0.2) is 34.0 Å². The van der Waals surface area contributed by atoms with Gasteiger partial charge in [-0.1, -0.05) is 12.1 Å². The summed E-state index contributed by atoms with van der Waals surface area (Å²) in [5, 5.41) is 30.0. The van der Waals surface area contributed by atoms with Crippen LogP contribution in [0.25, 0.3) is 0 Å². The highest BCUT2D eigenvalue weighted by molar-refractivity contribution is 5.76. The number of aliphatic carboxylic acids is 1. The topological polar surface area (TPSA) is 120 Å². The minimum Gasteiger partial charge on any atom is -0.479 e. The first-order chi connectivity index (χ1) is 10.1. The number of rotatable bonds is 4. The van der Waals surface area contributed by atoms with Crippen molar-refractivity contribution in [3.05, 3.63) is 35.4 Å². The average molecular weight is 306 g/mol. The molecule has 1 aromatic carbocycles. The van der Waals surface area contributed by atoms with Gasteiger partial charge in [0.05, 0.1) is 17.7 Å². The minimum atomic E-state index is -1.87. The first kappa shape index (κ1) is 17.5. The fraction of sp³-hybridized carbons (Fsp3) is 0.400. The van der Waals surface area contributed by atoms with Crippen molar-refractivity contribution in [3.63, 3.8) is 0 Å². The summed E-state index contributed by atoms with van der Waals surface area (Å²) in [5.74, 6) is -1.50. The fourth-order valence-electron chi connectivity index (χ4n) is 1.72. The number of aliphatic hydroxyl groups excluding tert-OH is 1. The smallest absolute Gasteiger partial charge is 0.408 e. The molecule has 0 spiro atoms. The van der Waals surface area contributed by atoms with Gasteiger partial charge in [-0.15, -0.1) is 0 Å². The first-order valence-electron chi connectivity index (χ1n) is 6.54. The van der Waals surface area contributed by atoms with Crippen molar-refractivity contribution in [1.82, 2.24) is 5.32 Å². The van der Waals surface area contributed by atoms with Crippen LogP contribution in [-0.2, 0) is 9.53 Å². The van der Waals surface area contributed by atoms with Crippen molar-refractivity contribution in [3.8, 4) is 6.07 Å². The van der Waals surface area contributed by atoms with Gasteiger partial charge in [0.25, 0.3) is 0 Å². The molecule has 0 heterocycles. The van der Waals surface area contributed by atoms with Crippen LogP contribution in [0.15, 0.2) is 24.3 Å². The molecule has 0 aliphatic carbocycles. The van der Waals surface area contributed by atoms with Gasteiger partial charge in [0.1, 0.15) is 5.60 Å². The Balaban J connectivity index is 3.06. The Hall–Kier alpha value is -2.59. The monoisotopic (exact) mass is 306 g/mol. The molecule has 3 N–H and O–H groups in total. The van der Waals surface area contributed by atoms with Crippen molar-refractivity contribution in [2.75, 3.05) is 0 Å². The van der Waals surface area contributed by atoms with Crippen molar-refractivity contribution in [2.24, 2.45) is 0 Å². The Labute approximate surface area is 128 Å². The number of carbonyl (C=O) groups excluding carboxylic acids is 1. The summed E-state index contributed by atoms with van der Waals surface area (Å²) < 4.78 is 5.06. The number of nitriles is 1. The van der Waals surface area contributed by atoms with Crippen molar-refractivity contribution < 1.29 is 24.5 Å². The maximum Gasteiger partial charge on any atom is 0.408 e. The summed E-state index contributed by atoms with van der Waals surface area (Å²) in [6, 6.07) is 6.64. The van der Waals surface area contributed by atoms with E-state index < -0.39 is 29.8 Å². The quantitative estimate of drug-likeness (QED) is 0.776. The maximum absolute atomic E-state index is 11.8. The molecule has 118 valence electrons. The van der Waals surface area contributed by atoms with Gasteiger partial charge in [0, 0.05) is 0 Å². The summed E-state index contributed by atoms with van der Waals surface area (Å²) in [6.07, 6.45) is -2.73. The van der Waals surface area contributed by atoms with Crippen LogP contribution in [0.3, 0.4) is 0 Å². The molecule has 1 rings (SSSR count). The van der Waals surface area contributed by atoms with Crippen molar-refractivity contribution in [1.29, 1.82) is 5.26 Å². The number of carboxylic acid groups (broad SMARTS) is 1. The molecule has 7 heteroatoms. The van der Waals surface area contributed by atoms with Gasteiger partial charge in [-0.05, 0) is 38.5 Å². The number of carboxylic acids is 1. The van der Waals surface area contributed by atoms with Gasteiger partial charge >= 0.3 is 12.1 Å². The number of alkyl carbamates (subject to hydrolysis) is 1. The summed E-state index contributed by atoms with van der Waals surface area (Å²) in [6.45, 7) is 4.97. The number of aliphatic hydroxyl groups is 1.